The lowest BCUT2D eigenvalue weighted by molar-refractivity contribution is -0.128. The van der Waals surface area contributed by atoms with E-state index in [4.69, 9.17) is 0 Å². The molecule has 0 saturated carbocycles. The molecule has 106 valence electrons. The second-order valence-electron chi connectivity index (χ2n) is 3.68. The number of imide groups is 2. The van der Waals surface area contributed by atoms with Gasteiger partial charge in [0.2, 0.25) is 17.6 Å². The van der Waals surface area contributed by atoms with Gasteiger partial charge < -0.3 is 0 Å². The lowest BCUT2D eigenvalue weighted by Crippen LogP contribution is -2.53. The largest absolute Gasteiger partial charge is 0.335 e. The van der Waals surface area contributed by atoms with Crippen molar-refractivity contribution in [1.29, 1.82) is 0 Å². The first-order chi connectivity index (χ1) is 9.25. The first-order valence-electron chi connectivity index (χ1n) is 4.94. The highest BCUT2D eigenvalue weighted by Crippen LogP contribution is 2.31. The molecule has 0 bridgehead atoms. The Kier molecular flexibility index (Phi) is 3.16. The van der Waals surface area contributed by atoms with Crippen LogP contribution in [0.1, 0.15) is 6.42 Å². The van der Waals surface area contributed by atoms with Crippen molar-refractivity contribution in [3.63, 3.8) is 0 Å². The first-order valence-corrected chi connectivity index (χ1v) is 4.94. The topological polar surface area (TPSA) is 66.5 Å². The molecule has 0 unspecified atom stereocenters. The molecule has 0 aliphatic carbocycles. The number of hydrogen-bond donors (Lipinski definition) is 1. The number of hydrogen-bond acceptors (Lipinski definition) is 3. The number of amides is 4. The van der Waals surface area contributed by atoms with Crippen molar-refractivity contribution in [2.75, 3.05) is 4.90 Å². The molecule has 1 fully saturated rings. The Morgan fingerprint density at radius 2 is 1.25 bits per heavy atom. The maximum absolute atomic E-state index is 13.5. The third kappa shape index (κ3) is 1.89. The molecule has 1 aliphatic heterocycles. The lowest BCUT2D eigenvalue weighted by atomic mass is 10.2. The van der Waals surface area contributed by atoms with Crippen molar-refractivity contribution in [3.8, 4) is 0 Å². The minimum Gasteiger partial charge on any atom is -0.277 e. The molecule has 5 nitrogen and oxygen atoms in total. The van der Waals surface area contributed by atoms with Crippen molar-refractivity contribution in [2.24, 2.45) is 0 Å². The van der Waals surface area contributed by atoms with Gasteiger partial charge in [0.25, 0.3) is 0 Å². The van der Waals surface area contributed by atoms with Crippen LogP contribution in [0.4, 0.5) is 32.4 Å². The molecule has 1 N–H and O–H groups in total. The minimum absolute atomic E-state index is 0.308. The Balaban J connectivity index is 2.67. The summed E-state index contributed by atoms with van der Waals surface area (Å²) in [6.07, 6.45) is -0.967. The second-order valence-corrected chi connectivity index (χ2v) is 3.68. The van der Waals surface area contributed by atoms with E-state index in [9.17, 15) is 36.3 Å². The van der Waals surface area contributed by atoms with Crippen LogP contribution in [-0.2, 0) is 9.59 Å². The average Bonchev–Trinajstić information content (AvgIpc) is 2.37. The Hall–Kier alpha value is -2.52. The van der Waals surface area contributed by atoms with Gasteiger partial charge in [0.1, 0.15) is 12.1 Å². The summed E-state index contributed by atoms with van der Waals surface area (Å²) in [7, 11) is 0. The molecule has 1 aromatic carbocycles. The van der Waals surface area contributed by atoms with Gasteiger partial charge in [0.15, 0.2) is 23.3 Å². The normalized spacial score (nSPS) is 15.7. The smallest absolute Gasteiger partial charge is 0.277 e. The number of barbiturate groups is 1. The van der Waals surface area contributed by atoms with Crippen molar-refractivity contribution < 1.29 is 36.3 Å². The summed E-state index contributed by atoms with van der Waals surface area (Å²) in [6, 6.07) is -1.60. The molecule has 4 amide bonds. The third-order valence-corrected chi connectivity index (χ3v) is 2.42. The van der Waals surface area contributed by atoms with E-state index in [1.165, 1.54) is 5.32 Å². The summed E-state index contributed by atoms with van der Waals surface area (Å²) >= 11 is 0. The minimum atomic E-state index is -2.43. The maximum Gasteiger partial charge on any atom is 0.335 e. The Morgan fingerprint density at radius 3 is 1.70 bits per heavy atom. The second kappa shape index (κ2) is 4.54. The molecule has 2 rings (SSSR count). The number of anilines is 1. The predicted molar refractivity (Wildman–Crippen MR) is 51.9 cm³/mol. The maximum atomic E-state index is 13.5. The lowest BCUT2D eigenvalue weighted by Gasteiger charge is -2.25. The zero-order valence-corrected chi connectivity index (χ0v) is 9.27. The Bertz CT molecular complexity index is 612. The monoisotopic (exact) mass is 294 g/mol. The fourth-order valence-electron chi connectivity index (χ4n) is 1.56. The Morgan fingerprint density at radius 1 is 0.800 bits per heavy atom. The summed E-state index contributed by atoms with van der Waals surface area (Å²) in [5.74, 6) is -14.2. The van der Waals surface area contributed by atoms with Gasteiger partial charge in [0.05, 0.1) is 0 Å². The number of nitrogens with one attached hydrogen (secondary N) is 1. The third-order valence-electron chi connectivity index (χ3n) is 2.42. The van der Waals surface area contributed by atoms with Crippen LogP contribution in [0.25, 0.3) is 0 Å². The van der Waals surface area contributed by atoms with E-state index in [2.05, 4.69) is 0 Å². The highest BCUT2D eigenvalue weighted by molar-refractivity contribution is 6.26. The molecule has 1 heterocycles. The fourth-order valence-corrected chi connectivity index (χ4v) is 1.56. The quantitative estimate of drug-likeness (QED) is 0.368. The molecule has 0 atom stereocenters. The van der Waals surface area contributed by atoms with E-state index in [0.29, 0.717) is 0 Å². The number of carbonyl (C=O) groups is 3. The van der Waals surface area contributed by atoms with Gasteiger partial charge in [0, 0.05) is 0 Å². The van der Waals surface area contributed by atoms with E-state index in [-0.39, 0.29) is 4.90 Å². The van der Waals surface area contributed by atoms with E-state index in [1.54, 1.807) is 0 Å². The summed E-state index contributed by atoms with van der Waals surface area (Å²) in [6.45, 7) is 0. The molecular formula is C10H3F5N2O3. The number of nitrogens with zero attached hydrogens (tertiary/aromatic N) is 1. The molecule has 0 spiro atoms. The number of carbonyl (C=O) groups excluding carboxylic acids is 3. The van der Waals surface area contributed by atoms with Crippen LogP contribution >= 0.6 is 0 Å². The van der Waals surface area contributed by atoms with E-state index >= 15 is 0 Å². The van der Waals surface area contributed by atoms with E-state index in [0.717, 1.165) is 0 Å². The molecule has 1 aliphatic rings. The van der Waals surface area contributed by atoms with Gasteiger partial charge in [-0.15, -0.1) is 0 Å². The van der Waals surface area contributed by atoms with E-state index in [1.807, 2.05) is 0 Å². The fraction of sp³-hybridized carbons (Fsp3) is 0.100. The first kappa shape index (κ1) is 13.9. The summed E-state index contributed by atoms with van der Waals surface area (Å²) in [5, 5.41) is 1.52. The van der Waals surface area contributed by atoms with Gasteiger partial charge in [-0.25, -0.2) is 31.6 Å². The SMILES string of the molecule is O=C1CC(=O)N(c2c(F)c(F)c(F)c(F)c2F)C(=O)N1. The van der Waals surface area contributed by atoms with Crippen LogP contribution in [0, 0.1) is 29.1 Å². The van der Waals surface area contributed by atoms with Crippen LogP contribution in [0.5, 0.6) is 0 Å². The molecule has 0 radical (unpaired) electrons. The van der Waals surface area contributed by atoms with Crippen LogP contribution < -0.4 is 10.2 Å². The number of rotatable bonds is 1. The molecule has 1 aromatic rings. The highest BCUT2D eigenvalue weighted by Gasteiger charge is 2.39. The van der Waals surface area contributed by atoms with E-state index < -0.39 is 59.0 Å². The van der Waals surface area contributed by atoms with Gasteiger partial charge >= 0.3 is 6.03 Å². The zero-order valence-electron chi connectivity index (χ0n) is 9.27. The van der Waals surface area contributed by atoms with Crippen molar-refractivity contribution in [2.45, 2.75) is 6.42 Å². The van der Waals surface area contributed by atoms with Gasteiger partial charge in [-0.2, -0.15) is 0 Å². The number of urea groups is 1. The molecular weight excluding hydrogens is 291 g/mol. The van der Waals surface area contributed by atoms with Crippen LogP contribution in [0.15, 0.2) is 0 Å². The van der Waals surface area contributed by atoms with Gasteiger partial charge in [-0.3, -0.25) is 14.9 Å². The predicted octanol–water partition coefficient (Wildman–Crippen LogP) is 1.35. The summed E-state index contributed by atoms with van der Waals surface area (Å²) < 4.78 is 65.7. The number of benzene rings is 1. The van der Waals surface area contributed by atoms with Crippen LogP contribution in [0.2, 0.25) is 0 Å². The average molecular weight is 294 g/mol. The van der Waals surface area contributed by atoms with Crippen molar-refractivity contribution in [3.05, 3.63) is 29.1 Å². The molecule has 20 heavy (non-hydrogen) atoms. The zero-order chi connectivity index (χ0) is 15.2. The molecule has 0 aromatic heterocycles. The highest BCUT2D eigenvalue weighted by atomic mass is 19.2. The number of halogens is 5. The standard InChI is InChI=1S/C10H3F5N2O3/c11-4-5(12)7(14)9(8(15)6(4)13)17-3(19)1-2(18)16-10(17)20/h1H2,(H,16,18,20). The van der Waals surface area contributed by atoms with Crippen molar-refractivity contribution >= 4 is 23.5 Å². The summed E-state index contributed by atoms with van der Waals surface area (Å²) in [5.41, 5.74) is -1.73. The molecule has 1 saturated heterocycles. The van der Waals surface area contributed by atoms with Gasteiger partial charge in [-0.05, 0) is 0 Å². The Labute approximate surface area is 107 Å². The summed E-state index contributed by atoms with van der Waals surface area (Å²) in [4.78, 5) is 33.3. The van der Waals surface area contributed by atoms with Crippen LogP contribution in [0.3, 0.4) is 0 Å². The van der Waals surface area contributed by atoms with Gasteiger partial charge in [-0.1, -0.05) is 0 Å². The molecule has 10 heteroatoms. The van der Waals surface area contributed by atoms with Crippen molar-refractivity contribution in [1.82, 2.24) is 5.32 Å². The van der Waals surface area contributed by atoms with Crippen LogP contribution in [-0.4, -0.2) is 17.8 Å².